The van der Waals surface area contributed by atoms with Crippen LogP contribution in [0.1, 0.15) is 80.2 Å². The average molecular weight is 693 g/mol. The Hall–Kier alpha value is -3.14. The summed E-state index contributed by atoms with van der Waals surface area (Å²) in [4.78, 5) is 50.6. The van der Waals surface area contributed by atoms with Gasteiger partial charge in [0, 0.05) is 6.42 Å². The molecule has 5 N–H and O–H groups in total. The van der Waals surface area contributed by atoms with Crippen LogP contribution < -0.4 is 21.7 Å². The van der Waals surface area contributed by atoms with Gasteiger partial charge in [-0.25, -0.2) is 0 Å². The van der Waals surface area contributed by atoms with Gasteiger partial charge in [-0.3, -0.25) is 19.2 Å². The number of hydrogen-bond donors (Lipinski definition) is 4. The van der Waals surface area contributed by atoms with Crippen molar-refractivity contribution in [3.63, 3.8) is 0 Å². The summed E-state index contributed by atoms with van der Waals surface area (Å²) in [6.45, 7) is 15.4. The second-order valence-electron chi connectivity index (χ2n) is 14.4. The van der Waals surface area contributed by atoms with Crippen LogP contribution in [0.3, 0.4) is 0 Å². The lowest BCUT2D eigenvalue weighted by molar-refractivity contribution is -0.373. The first-order valence-electron chi connectivity index (χ1n) is 17.1. The van der Waals surface area contributed by atoms with Gasteiger partial charge in [-0.2, -0.15) is 0 Å². The highest BCUT2D eigenvalue weighted by atomic mass is 16.8. The van der Waals surface area contributed by atoms with Crippen LogP contribution in [0.5, 0.6) is 0 Å². The quantitative estimate of drug-likeness (QED) is 0.175. The largest absolute Gasteiger partial charge is 0.460 e. The zero-order valence-corrected chi connectivity index (χ0v) is 30.1. The minimum atomic E-state index is -1.13. The van der Waals surface area contributed by atoms with E-state index in [1.165, 1.54) is 0 Å². The van der Waals surface area contributed by atoms with Gasteiger partial charge in [0.15, 0.2) is 12.1 Å². The van der Waals surface area contributed by atoms with E-state index in [1.807, 2.05) is 30.3 Å². The topological polar surface area (TPSA) is 186 Å². The number of nitrogens with two attached hydrogens (primary N) is 1. The van der Waals surface area contributed by atoms with Crippen LogP contribution in [0.15, 0.2) is 30.3 Å². The van der Waals surface area contributed by atoms with E-state index in [-0.39, 0.29) is 25.9 Å². The number of rotatable bonds is 17. The van der Waals surface area contributed by atoms with Gasteiger partial charge in [0.05, 0.1) is 19.3 Å². The van der Waals surface area contributed by atoms with Crippen molar-refractivity contribution < 1.29 is 47.6 Å². The van der Waals surface area contributed by atoms with Crippen molar-refractivity contribution in [2.45, 2.75) is 135 Å². The van der Waals surface area contributed by atoms with Crippen molar-refractivity contribution in [1.29, 1.82) is 0 Å². The third-order valence-corrected chi connectivity index (χ3v) is 7.86. The van der Waals surface area contributed by atoms with Gasteiger partial charge in [0.1, 0.15) is 42.6 Å². The molecule has 1 aromatic rings. The number of carbonyl (C=O) groups excluding carboxylic acids is 4. The Bertz CT molecular complexity index is 1240. The molecule has 3 amide bonds. The summed E-state index contributed by atoms with van der Waals surface area (Å²) in [5.74, 6) is -3.12. The van der Waals surface area contributed by atoms with Gasteiger partial charge < -0.3 is 50.1 Å². The maximum Gasteiger partial charge on any atom is 0.306 e. The number of ether oxygens (including phenoxy) is 6. The van der Waals surface area contributed by atoms with Crippen LogP contribution in [0.4, 0.5) is 0 Å². The van der Waals surface area contributed by atoms with Crippen molar-refractivity contribution in [3.05, 3.63) is 35.9 Å². The van der Waals surface area contributed by atoms with Crippen molar-refractivity contribution in [3.8, 4) is 0 Å². The maximum atomic E-state index is 13.3. The molecule has 1 aromatic carbocycles. The summed E-state index contributed by atoms with van der Waals surface area (Å²) < 4.78 is 36.4. The minimum Gasteiger partial charge on any atom is -0.460 e. The normalized spacial score (nSPS) is 24.7. The van der Waals surface area contributed by atoms with E-state index >= 15 is 0 Å². The van der Waals surface area contributed by atoms with E-state index in [4.69, 9.17) is 34.2 Å². The van der Waals surface area contributed by atoms with E-state index < -0.39 is 84.4 Å². The molecule has 2 saturated heterocycles. The van der Waals surface area contributed by atoms with Crippen molar-refractivity contribution in [1.82, 2.24) is 16.0 Å². The van der Waals surface area contributed by atoms with E-state index in [2.05, 4.69) is 29.8 Å². The molecule has 0 saturated carbocycles. The molecular formula is C35H56N4O10. The number of carbonyl (C=O) groups is 4. The lowest BCUT2D eigenvalue weighted by Gasteiger charge is -2.51. The standard InChI is InChI=1S/C35H56N4O10/c1-9-23(32(43)39-24(31(36)42)15-16-27(41)48-34(4,5)6)38-26(40)20-44-30-28(37-17-21(2)3)33(45-18-22-13-11-10-12-14-22)47-25-19-46-35(7,8)49-29(25)30/h10-14,21,23-25,28-30,33,37H,9,15-20H2,1-8H3,(H2,36,42)(H,38,40)(H,39,43)/t23?,24?,25-,28-,29-,30-,33+/m1/s1. The number of esters is 1. The molecule has 0 radical (unpaired) electrons. The Balaban J connectivity index is 1.69. The molecule has 49 heavy (non-hydrogen) atoms. The molecule has 3 rings (SSSR count). The zero-order chi connectivity index (χ0) is 36.4. The predicted octanol–water partition coefficient (Wildman–Crippen LogP) is 2.07. The van der Waals surface area contributed by atoms with Crippen LogP contribution in [0.2, 0.25) is 0 Å². The summed E-state index contributed by atoms with van der Waals surface area (Å²) in [6, 6.07) is 7.09. The highest BCUT2D eigenvalue weighted by Gasteiger charge is 2.52. The van der Waals surface area contributed by atoms with E-state index in [9.17, 15) is 19.2 Å². The maximum absolute atomic E-state index is 13.3. The Morgan fingerprint density at radius 1 is 1.04 bits per heavy atom. The molecule has 0 aromatic heterocycles. The van der Waals surface area contributed by atoms with Crippen LogP contribution in [-0.4, -0.2) is 97.6 Å². The van der Waals surface area contributed by atoms with Crippen molar-refractivity contribution >= 4 is 23.7 Å². The highest BCUT2D eigenvalue weighted by molar-refractivity contribution is 5.92. The van der Waals surface area contributed by atoms with Gasteiger partial charge in [0.25, 0.3) is 0 Å². The Morgan fingerprint density at radius 2 is 1.73 bits per heavy atom. The monoisotopic (exact) mass is 692 g/mol. The highest BCUT2D eigenvalue weighted by Crippen LogP contribution is 2.34. The molecule has 2 aliphatic rings. The number of primary amides is 1. The summed E-state index contributed by atoms with van der Waals surface area (Å²) in [5, 5.41) is 8.75. The molecule has 0 aliphatic carbocycles. The third-order valence-electron chi connectivity index (χ3n) is 7.86. The number of nitrogens with one attached hydrogen (secondary N) is 3. The number of amides is 3. The molecule has 2 fully saturated rings. The van der Waals surface area contributed by atoms with Crippen molar-refractivity contribution in [2.75, 3.05) is 19.8 Å². The number of hydrogen-bond acceptors (Lipinski definition) is 11. The Labute approximate surface area is 289 Å². The first-order valence-corrected chi connectivity index (χ1v) is 17.1. The first kappa shape index (κ1) is 40.3. The average Bonchev–Trinajstić information content (AvgIpc) is 3.01. The minimum absolute atomic E-state index is 0.0475. The Kier molecular flexibility index (Phi) is 15.0. The molecule has 2 unspecified atom stereocenters. The first-order chi connectivity index (χ1) is 23.0. The van der Waals surface area contributed by atoms with Gasteiger partial charge in [0.2, 0.25) is 17.7 Å². The smallest absolute Gasteiger partial charge is 0.306 e. The van der Waals surface area contributed by atoms with E-state index in [1.54, 1.807) is 41.5 Å². The second kappa shape index (κ2) is 18.2. The fourth-order valence-electron chi connectivity index (χ4n) is 5.48. The van der Waals surface area contributed by atoms with Gasteiger partial charge >= 0.3 is 5.97 Å². The van der Waals surface area contributed by atoms with Crippen molar-refractivity contribution in [2.24, 2.45) is 11.7 Å². The molecule has 14 heteroatoms. The number of benzene rings is 1. The molecule has 2 aliphatic heterocycles. The second-order valence-corrected chi connectivity index (χ2v) is 14.4. The van der Waals surface area contributed by atoms with E-state index in [0.717, 1.165) is 5.56 Å². The fourth-order valence-corrected chi connectivity index (χ4v) is 5.48. The molecule has 14 nitrogen and oxygen atoms in total. The summed E-state index contributed by atoms with van der Waals surface area (Å²) in [5.41, 5.74) is 5.78. The third kappa shape index (κ3) is 13.3. The van der Waals surface area contributed by atoms with Gasteiger partial charge in [-0.15, -0.1) is 0 Å². The van der Waals surface area contributed by atoms with E-state index in [0.29, 0.717) is 19.1 Å². The lowest BCUT2D eigenvalue weighted by atomic mass is 9.94. The summed E-state index contributed by atoms with van der Waals surface area (Å²) in [7, 11) is 0. The Morgan fingerprint density at radius 3 is 2.35 bits per heavy atom. The predicted molar refractivity (Wildman–Crippen MR) is 180 cm³/mol. The van der Waals surface area contributed by atoms with Crippen LogP contribution >= 0.6 is 0 Å². The van der Waals surface area contributed by atoms with Gasteiger partial charge in [-0.05, 0) is 65.5 Å². The summed E-state index contributed by atoms with van der Waals surface area (Å²) >= 11 is 0. The molecule has 7 atom stereocenters. The fraction of sp³-hybridized carbons (Fsp3) is 0.714. The zero-order valence-electron chi connectivity index (χ0n) is 30.1. The molecule has 0 spiro atoms. The van der Waals surface area contributed by atoms with Gasteiger partial charge in [-0.1, -0.05) is 51.1 Å². The van der Waals surface area contributed by atoms with Crippen LogP contribution in [0.25, 0.3) is 0 Å². The summed E-state index contributed by atoms with van der Waals surface area (Å²) in [6.07, 6.45) is -2.51. The lowest BCUT2D eigenvalue weighted by Crippen LogP contribution is -2.69. The number of fused-ring (bicyclic) bond motifs is 1. The SMILES string of the molecule is CCC(NC(=O)CO[C@@H]1[C@@H](NCC(C)C)[C@@H](OCc2ccccc2)O[C@@H]2COC(C)(C)O[C@@H]12)C(=O)NC(CCC(=O)OC(C)(C)C)C(N)=O. The molecular weight excluding hydrogens is 636 g/mol. The molecule has 0 bridgehead atoms. The van der Waals surface area contributed by atoms with Crippen LogP contribution in [-0.2, 0) is 54.2 Å². The molecule has 276 valence electrons. The van der Waals surface area contributed by atoms with Crippen LogP contribution in [0, 0.1) is 5.92 Å². The molecule has 2 heterocycles.